The van der Waals surface area contributed by atoms with Crippen molar-refractivity contribution in [2.75, 3.05) is 18.0 Å². The van der Waals surface area contributed by atoms with E-state index in [-0.39, 0.29) is 16.5 Å². The highest BCUT2D eigenvalue weighted by molar-refractivity contribution is 7.90. The maximum Gasteiger partial charge on any atom is 0.281 e. The number of benzene rings is 1. The zero-order valence-corrected chi connectivity index (χ0v) is 26.3. The average Bonchev–Trinajstić information content (AvgIpc) is 3.71. The van der Waals surface area contributed by atoms with Crippen molar-refractivity contribution >= 4 is 21.7 Å². The smallest absolute Gasteiger partial charge is 0.281 e. The Morgan fingerprint density at radius 3 is 2.29 bits per heavy atom. The summed E-state index contributed by atoms with van der Waals surface area (Å²) in [5, 5.41) is 10.0. The van der Waals surface area contributed by atoms with Crippen LogP contribution in [0.4, 0.5) is 5.82 Å². The number of aliphatic hydroxyl groups is 1. The minimum absolute atomic E-state index is 0.0708. The molecule has 42 heavy (non-hydrogen) atoms. The maximum atomic E-state index is 13.4. The molecular formula is C32H45N3O6S. The quantitative estimate of drug-likeness (QED) is 0.428. The molecule has 230 valence electrons. The molecule has 0 unspecified atom stereocenters. The molecule has 1 saturated heterocycles. The van der Waals surface area contributed by atoms with Crippen LogP contribution in [0, 0.1) is 18.3 Å². The number of pyridine rings is 1. The lowest BCUT2D eigenvalue weighted by atomic mass is 9.72. The van der Waals surface area contributed by atoms with Gasteiger partial charge in [-0.3, -0.25) is 4.79 Å². The minimum Gasteiger partial charge on any atom is -0.487 e. The van der Waals surface area contributed by atoms with E-state index in [9.17, 15) is 18.3 Å². The molecule has 0 spiro atoms. The Bertz CT molecular complexity index is 1400. The number of carbonyl (C=O) groups is 1. The fourth-order valence-corrected chi connectivity index (χ4v) is 6.98. The van der Waals surface area contributed by atoms with Crippen LogP contribution in [0.25, 0.3) is 0 Å². The van der Waals surface area contributed by atoms with Crippen LogP contribution in [0.15, 0.2) is 41.4 Å². The molecule has 5 rings (SSSR count). The van der Waals surface area contributed by atoms with Crippen molar-refractivity contribution < 1.29 is 27.8 Å². The molecule has 1 aromatic carbocycles. The number of para-hydroxylation sites is 1. The molecule has 9 nitrogen and oxygen atoms in total. The van der Waals surface area contributed by atoms with E-state index in [2.05, 4.69) is 30.5 Å². The molecule has 3 aliphatic rings. The highest BCUT2D eigenvalue weighted by Gasteiger charge is 2.55. The molecule has 0 bridgehead atoms. The van der Waals surface area contributed by atoms with Crippen LogP contribution < -0.4 is 19.1 Å². The highest BCUT2D eigenvalue weighted by atomic mass is 32.2. The number of nitrogens with one attached hydrogen (secondary N) is 1. The number of aryl methyl sites for hydroxylation is 1. The van der Waals surface area contributed by atoms with E-state index >= 15 is 0 Å². The van der Waals surface area contributed by atoms with Gasteiger partial charge in [-0.05, 0) is 87.5 Å². The van der Waals surface area contributed by atoms with Gasteiger partial charge in [-0.25, -0.2) is 9.71 Å². The largest absolute Gasteiger partial charge is 0.487 e. The molecular weight excluding hydrogens is 554 g/mol. The lowest BCUT2D eigenvalue weighted by Gasteiger charge is -2.37. The second-order valence-electron chi connectivity index (χ2n) is 13.7. The summed E-state index contributed by atoms with van der Waals surface area (Å²) in [5.41, 5.74) is -0.911. The Balaban J connectivity index is 1.26. The van der Waals surface area contributed by atoms with E-state index in [1.807, 2.05) is 30.0 Å². The predicted molar refractivity (Wildman–Crippen MR) is 161 cm³/mol. The molecule has 3 fully saturated rings. The third-order valence-corrected chi connectivity index (χ3v) is 10.4. The van der Waals surface area contributed by atoms with Crippen molar-refractivity contribution in [1.82, 2.24) is 9.71 Å². The number of anilines is 1. The predicted octanol–water partition coefficient (Wildman–Crippen LogP) is 5.14. The standard InChI is InChI=1S/C32H45N3O6S/c1-22-8-6-9-25(40-24-14-12-23(13-15-24)30(2,3)4)28(22)41-32(16-17-32)29(36)34-42(38,39)27-11-7-10-26(33-27)35-20-18-31(5,37)19-21-35/h6-11,23-24,37H,12-21H2,1-5H3,(H,34,36). The van der Waals surface area contributed by atoms with Crippen LogP contribution in [0.1, 0.15) is 84.6 Å². The Hall–Kier alpha value is -2.85. The molecule has 1 amide bonds. The summed E-state index contributed by atoms with van der Waals surface area (Å²) < 4.78 is 41.5. The molecule has 2 N–H and O–H groups in total. The van der Waals surface area contributed by atoms with Gasteiger partial charge >= 0.3 is 0 Å². The van der Waals surface area contributed by atoms with Gasteiger partial charge in [0.15, 0.2) is 22.1 Å². The molecule has 2 aromatic rings. The molecule has 2 saturated carbocycles. The molecule has 10 heteroatoms. The first-order valence-corrected chi connectivity index (χ1v) is 16.6. The van der Waals surface area contributed by atoms with Gasteiger partial charge in [0.25, 0.3) is 15.9 Å². The second-order valence-corrected chi connectivity index (χ2v) is 15.3. The summed E-state index contributed by atoms with van der Waals surface area (Å²) in [4.78, 5) is 19.7. The van der Waals surface area contributed by atoms with E-state index in [1.54, 1.807) is 19.1 Å². The van der Waals surface area contributed by atoms with Crippen LogP contribution in [0.2, 0.25) is 0 Å². The number of amides is 1. The van der Waals surface area contributed by atoms with Gasteiger partial charge in [-0.1, -0.05) is 39.0 Å². The van der Waals surface area contributed by atoms with Gasteiger partial charge in [-0.2, -0.15) is 8.42 Å². The summed E-state index contributed by atoms with van der Waals surface area (Å²) in [6.45, 7) is 11.7. The molecule has 1 aromatic heterocycles. The van der Waals surface area contributed by atoms with Crippen molar-refractivity contribution in [1.29, 1.82) is 0 Å². The summed E-state index contributed by atoms with van der Waals surface area (Å²) >= 11 is 0. The Morgan fingerprint density at radius 1 is 1.02 bits per heavy atom. The average molecular weight is 600 g/mol. The van der Waals surface area contributed by atoms with E-state index in [0.29, 0.717) is 62.0 Å². The Kier molecular flexibility index (Phi) is 8.26. The minimum atomic E-state index is -4.24. The second kappa shape index (κ2) is 11.3. The first kappa shape index (κ1) is 30.6. The van der Waals surface area contributed by atoms with Gasteiger partial charge < -0.3 is 19.5 Å². The van der Waals surface area contributed by atoms with Crippen molar-refractivity contribution in [2.45, 2.75) is 108 Å². The van der Waals surface area contributed by atoms with Crippen LogP contribution >= 0.6 is 0 Å². The molecule has 2 aliphatic carbocycles. The number of rotatable bonds is 8. The SMILES string of the molecule is Cc1cccc(OC2CCC(C(C)(C)C)CC2)c1OC1(C(=O)NS(=O)(=O)c2cccc(N3CCC(C)(O)CC3)n2)CC1. The van der Waals surface area contributed by atoms with Gasteiger partial charge in [-0.15, -0.1) is 0 Å². The van der Waals surface area contributed by atoms with Crippen molar-refractivity contribution in [3.05, 3.63) is 42.0 Å². The number of sulfonamides is 1. The summed E-state index contributed by atoms with van der Waals surface area (Å²) in [5.74, 6) is 1.53. The zero-order valence-electron chi connectivity index (χ0n) is 25.5. The lowest BCUT2D eigenvalue weighted by molar-refractivity contribution is -0.128. The number of hydrogen-bond donors (Lipinski definition) is 2. The lowest BCUT2D eigenvalue weighted by Crippen LogP contribution is -2.44. The van der Waals surface area contributed by atoms with E-state index in [0.717, 1.165) is 31.2 Å². The fourth-order valence-electron chi connectivity index (χ4n) is 5.97. The summed E-state index contributed by atoms with van der Waals surface area (Å²) in [6, 6.07) is 10.4. The monoisotopic (exact) mass is 599 g/mol. The number of nitrogens with zero attached hydrogens (tertiary/aromatic N) is 2. The first-order chi connectivity index (χ1) is 19.7. The number of carbonyl (C=O) groups excluding carboxylic acids is 1. The highest BCUT2D eigenvalue weighted by Crippen LogP contribution is 2.46. The number of piperidine rings is 1. The molecule has 1 aliphatic heterocycles. The third kappa shape index (κ3) is 6.86. The van der Waals surface area contributed by atoms with Crippen LogP contribution in [0.5, 0.6) is 11.5 Å². The zero-order chi connectivity index (χ0) is 30.3. The van der Waals surface area contributed by atoms with Crippen molar-refractivity contribution in [2.24, 2.45) is 11.3 Å². The van der Waals surface area contributed by atoms with Crippen LogP contribution in [-0.2, 0) is 14.8 Å². The van der Waals surface area contributed by atoms with E-state index in [4.69, 9.17) is 9.47 Å². The van der Waals surface area contributed by atoms with Crippen LogP contribution in [0.3, 0.4) is 0 Å². The van der Waals surface area contributed by atoms with Gasteiger partial charge in [0.2, 0.25) is 0 Å². The third-order valence-electron chi connectivity index (χ3n) is 9.16. The summed E-state index contributed by atoms with van der Waals surface area (Å²) in [6.07, 6.45) is 6.13. The van der Waals surface area contributed by atoms with Crippen molar-refractivity contribution in [3.63, 3.8) is 0 Å². The van der Waals surface area contributed by atoms with Gasteiger partial charge in [0.1, 0.15) is 5.82 Å². The van der Waals surface area contributed by atoms with E-state index < -0.39 is 27.1 Å². The van der Waals surface area contributed by atoms with Crippen molar-refractivity contribution in [3.8, 4) is 11.5 Å². The maximum absolute atomic E-state index is 13.4. The Morgan fingerprint density at radius 2 is 1.67 bits per heavy atom. The number of hydrogen-bond acceptors (Lipinski definition) is 8. The number of ether oxygens (including phenoxy) is 2. The van der Waals surface area contributed by atoms with Gasteiger partial charge in [0.05, 0.1) is 11.7 Å². The topological polar surface area (TPSA) is 118 Å². The fraction of sp³-hybridized carbons (Fsp3) is 0.625. The molecule has 2 heterocycles. The first-order valence-electron chi connectivity index (χ1n) is 15.1. The summed E-state index contributed by atoms with van der Waals surface area (Å²) in [7, 11) is -4.24. The van der Waals surface area contributed by atoms with Crippen LogP contribution in [-0.4, -0.2) is 54.8 Å². The Labute approximate surface area is 250 Å². The molecule has 0 radical (unpaired) electrons. The molecule has 0 atom stereocenters. The normalized spacial score (nSPS) is 23.6. The van der Waals surface area contributed by atoms with E-state index in [1.165, 1.54) is 6.07 Å². The van der Waals surface area contributed by atoms with Gasteiger partial charge in [0, 0.05) is 25.9 Å². The number of aromatic nitrogens is 1.